The van der Waals surface area contributed by atoms with Gasteiger partial charge in [0, 0.05) is 29.4 Å². The summed E-state index contributed by atoms with van der Waals surface area (Å²) < 4.78 is 23.0. The second-order valence-electron chi connectivity index (χ2n) is 4.72. The van der Waals surface area contributed by atoms with Gasteiger partial charge in [-0.05, 0) is 24.3 Å². The van der Waals surface area contributed by atoms with E-state index in [4.69, 9.17) is 9.47 Å². The lowest BCUT2D eigenvalue weighted by Gasteiger charge is -2.09. The zero-order valence-electron chi connectivity index (χ0n) is 13.4. The summed E-state index contributed by atoms with van der Waals surface area (Å²) >= 11 is 0. The molecule has 24 heavy (non-hydrogen) atoms. The molecule has 2 aromatic rings. The first kappa shape index (κ1) is 17.2. The molecule has 2 rings (SSSR count). The Kier molecular flexibility index (Phi) is 6.03. The van der Waals surface area contributed by atoms with Gasteiger partial charge in [-0.25, -0.2) is 9.18 Å². The van der Waals surface area contributed by atoms with Gasteiger partial charge in [0.25, 0.3) is 0 Å². The van der Waals surface area contributed by atoms with Crippen LogP contribution in [0.2, 0.25) is 0 Å². The van der Waals surface area contributed by atoms with Crippen molar-refractivity contribution in [2.75, 3.05) is 26.1 Å². The van der Waals surface area contributed by atoms with Crippen LogP contribution in [0.15, 0.2) is 42.5 Å². The SMILES string of the molecule is COc1cc(NC(=O)NCC#Cc2ccc(F)cc2)cc(OC)c1. The van der Waals surface area contributed by atoms with Crippen molar-refractivity contribution in [3.05, 3.63) is 53.8 Å². The first-order valence-corrected chi connectivity index (χ1v) is 7.13. The quantitative estimate of drug-likeness (QED) is 0.848. The summed E-state index contributed by atoms with van der Waals surface area (Å²) in [5.41, 5.74) is 1.21. The number of ether oxygens (including phenoxy) is 2. The molecule has 6 heteroatoms. The highest BCUT2D eigenvalue weighted by Gasteiger charge is 2.05. The van der Waals surface area contributed by atoms with Crippen molar-refractivity contribution in [3.63, 3.8) is 0 Å². The van der Waals surface area contributed by atoms with Crippen LogP contribution in [0.25, 0.3) is 0 Å². The summed E-state index contributed by atoms with van der Waals surface area (Å²) in [6, 6.07) is 10.5. The molecule has 0 heterocycles. The molecular weight excluding hydrogens is 311 g/mol. The number of nitrogens with one attached hydrogen (secondary N) is 2. The van der Waals surface area contributed by atoms with Crippen molar-refractivity contribution in [2.45, 2.75) is 0 Å². The van der Waals surface area contributed by atoms with Crippen LogP contribution in [0.4, 0.5) is 14.9 Å². The van der Waals surface area contributed by atoms with Crippen molar-refractivity contribution < 1.29 is 18.7 Å². The highest BCUT2D eigenvalue weighted by Crippen LogP contribution is 2.25. The molecule has 0 spiro atoms. The van der Waals surface area contributed by atoms with Crippen LogP contribution in [0.3, 0.4) is 0 Å². The highest BCUT2D eigenvalue weighted by atomic mass is 19.1. The fourth-order valence-corrected chi connectivity index (χ4v) is 1.86. The van der Waals surface area contributed by atoms with E-state index < -0.39 is 6.03 Å². The monoisotopic (exact) mass is 328 g/mol. The van der Waals surface area contributed by atoms with Crippen molar-refractivity contribution in [2.24, 2.45) is 0 Å². The van der Waals surface area contributed by atoms with Crippen LogP contribution in [0.1, 0.15) is 5.56 Å². The Balaban J connectivity index is 1.89. The van der Waals surface area contributed by atoms with Crippen LogP contribution in [0.5, 0.6) is 11.5 Å². The van der Waals surface area contributed by atoms with Gasteiger partial charge in [-0.3, -0.25) is 0 Å². The Bertz CT molecular complexity index is 742. The molecule has 0 atom stereocenters. The van der Waals surface area contributed by atoms with E-state index >= 15 is 0 Å². The molecule has 0 aromatic heterocycles. The second-order valence-corrected chi connectivity index (χ2v) is 4.72. The van der Waals surface area contributed by atoms with Gasteiger partial charge < -0.3 is 20.1 Å². The number of rotatable bonds is 4. The minimum Gasteiger partial charge on any atom is -0.497 e. The number of hydrogen-bond acceptors (Lipinski definition) is 3. The van der Waals surface area contributed by atoms with Crippen LogP contribution in [-0.4, -0.2) is 26.8 Å². The lowest BCUT2D eigenvalue weighted by atomic mass is 10.2. The average Bonchev–Trinajstić information content (AvgIpc) is 2.59. The molecule has 0 saturated carbocycles. The topological polar surface area (TPSA) is 59.6 Å². The number of methoxy groups -OCH3 is 2. The molecule has 2 aromatic carbocycles. The summed E-state index contributed by atoms with van der Waals surface area (Å²) in [6.45, 7) is 0.157. The van der Waals surface area contributed by atoms with E-state index in [1.165, 1.54) is 26.4 Å². The Morgan fingerprint density at radius 1 is 1.08 bits per heavy atom. The van der Waals surface area contributed by atoms with E-state index in [0.29, 0.717) is 22.7 Å². The van der Waals surface area contributed by atoms with E-state index in [1.54, 1.807) is 30.3 Å². The van der Waals surface area contributed by atoms with Crippen LogP contribution in [-0.2, 0) is 0 Å². The average molecular weight is 328 g/mol. The first-order chi connectivity index (χ1) is 11.6. The smallest absolute Gasteiger partial charge is 0.319 e. The number of benzene rings is 2. The van der Waals surface area contributed by atoms with Crippen molar-refractivity contribution >= 4 is 11.7 Å². The third-order valence-electron chi connectivity index (χ3n) is 3.02. The number of hydrogen-bond donors (Lipinski definition) is 2. The Morgan fingerprint density at radius 3 is 2.29 bits per heavy atom. The molecule has 2 N–H and O–H groups in total. The van der Waals surface area contributed by atoms with Crippen LogP contribution < -0.4 is 20.1 Å². The Morgan fingerprint density at radius 2 is 1.71 bits per heavy atom. The molecule has 0 bridgehead atoms. The van der Waals surface area contributed by atoms with Crippen molar-refractivity contribution in [3.8, 4) is 23.3 Å². The molecule has 0 radical (unpaired) electrons. The Labute approximate surface area is 139 Å². The van der Waals surface area contributed by atoms with Gasteiger partial charge in [-0.15, -0.1) is 0 Å². The van der Waals surface area contributed by atoms with Gasteiger partial charge in [-0.1, -0.05) is 11.8 Å². The van der Waals surface area contributed by atoms with Gasteiger partial charge in [0.05, 0.1) is 20.8 Å². The largest absolute Gasteiger partial charge is 0.497 e. The minimum atomic E-state index is -0.404. The lowest BCUT2D eigenvalue weighted by molar-refractivity contribution is 0.253. The number of amides is 2. The van der Waals surface area contributed by atoms with E-state index in [9.17, 15) is 9.18 Å². The molecule has 0 aliphatic carbocycles. The molecule has 124 valence electrons. The van der Waals surface area contributed by atoms with E-state index in [-0.39, 0.29) is 12.4 Å². The molecule has 0 unspecified atom stereocenters. The maximum atomic E-state index is 12.8. The summed E-state index contributed by atoms with van der Waals surface area (Å²) in [5.74, 6) is 6.44. The molecule has 2 amide bonds. The number of urea groups is 1. The molecule has 0 aliphatic heterocycles. The third kappa shape index (κ3) is 5.21. The first-order valence-electron chi connectivity index (χ1n) is 7.13. The van der Waals surface area contributed by atoms with Gasteiger partial charge in [0.2, 0.25) is 0 Å². The zero-order chi connectivity index (χ0) is 17.4. The second kappa shape index (κ2) is 8.44. The summed E-state index contributed by atoms with van der Waals surface area (Å²) in [5, 5.41) is 5.28. The predicted octanol–water partition coefficient (Wildman–Crippen LogP) is 3.02. The predicted molar refractivity (Wildman–Crippen MR) is 89.8 cm³/mol. The summed E-state index contributed by atoms with van der Waals surface area (Å²) in [4.78, 5) is 11.8. The van der Waals surface area contributed by atoms with Gasteiger partial charge in [0.1, 0.15) is 17.3 Å². The van der Waals surface area contributed by atoms with Crippen LogP contribution >= 0.6 is 0 Å². The minimum absolute atomic E-state index is 0.157. The maximum absolute atomic E-state index is 12.8. The fourth-order valence-electron chi connectivity index (χ4n) is 1.86. The zero-order valence-corrected chi connectivity index (χ0v) is 13.4. The maximum Gasteiger partial charge on any atom is 0.319 e. The number of anilines is 1. The van der Waals surface area contributed by atoms with Crippen LogP contribution in [0, 0.1) is 17.7 Å². The third-order valence-corrected chi connectivity index (χ3v) is 3.02. The van der Waals surface area contributed by atoms with Crippen molar-refractivity contribution in [1.82, 2.24) is 5.32 Å². The summed E-state index contributed by atoms with van der Waals surface area (Å²) in [7, 11) is 3.06. The van der Waals surface area contributed by atoms with E-state index in [0.717, 1.165) is 0 Å². The molecular formula is C18H17FN2O3. The van der Waals surface area contributed by atoms with Gasteiger partial charge >= 0.3 is 6.03 Å². The lowest BCUT2D eigenvalue weighted by Crippen LogP contribution is -2.28. The standard InChI is InChI=1S/C18H17FN2O3/c1-23-16-10-15(11-17(12-16)24-2)21-18(22)20-9-3-4-13-5-7-14(19)8-6-13/h5-8,10-12H,9H2,1-2H3,(H2,20,21,22). The Hall–Kier alpha value is -3.20. The number of halogens is 1. The molecule has 0 aliphatic rings. The number of carbonyl (C=O) groups excluding carboxylic acids is 1. The van der Waals surface area contributed by atoms with Gasteiger partial charge in [0.15, 0.2) is 0 Å². The fraction of sp³-hybridized carbons (Fsp3) is 0.167. The molecule has 0 saturated heterocycles. The van der Waals surface area contributed by atoms with E-state index in [1.807, 2.05) is 0 Å². The molecule has 0 fully saturated rings. The number of carbonyl (C=O) groups is 1. The normalized spacial score (nSPS) is 9.46. The highest BCUT2D eigenvalue weighted by molar-refractivity contribution is 5.89. The summed E-state index contributed by atoms with van der Waals surface area (Å²) in [6.07, 6.45) is 0. The molecule has 5 nitrogen and oxygen atoms in total. The van der Waals surface area contributed by atoms with E-state index in [2.05, 4.69) is 22.5 Å². The van der Waals surface area contributed by atoms with Crippen molar-refractivity contribution in [1.29, 1.82) is 0 Å². The van der Waals surface area contributed by atoms with Gasteiger partial charge in [-0.2, -0.15) is 0 Å².